The van der Waals surface area contributed by atoms with Crippen LogP contribution in [0.3, 0.4) is 0 Å². The lowest BCUT2D eigenvalue weighted by Crippen LogP contribution is -2.30. The molecule has 132 valence electrons. The molecule has 0 saturated heterocycles. The Hall–Kier alpha value is -2.05. The van der Waals surface area contributed by atoms with Gasteiger partial charge < -0.3 is 15.4 Å². The first-order valence-corrected chi connectivity index (χ1v) is 8.81. The average Bonchev–Trinajstić information content (AvgIpc) is 2.53. The van der Waals surface area contributed by atoms with Crippen LogP contribution >= 0.6 is 27.5 Å². The van der Waals surface area contributed by atoms with Gasteiger partial charge in [0.15, 0.2) is 6.61 Å². The minimum Gasteiger partial charge on any atom is -0.482 e. The maximum Gasteiger partial charge on any atom is 0.262 e. The number of hydrogen-bond donors (Lipinski definition) is 2. The van der Waals surface area contributed by atoms with Crippen molar-refractivity contribution in [2.45, 2.75) is 19.9 Å². The first kappa shape index (κ1) is 19.3. The van der Waals surface area contributed by atoms with Gasteiger partial charge in [-0.1, -0.05) is 33.6 Å². The number of rotatable bonds is 6. The van der Waals surface area contributed by atoms with Crippen molar-refractivity contribution in [2.24, 2.45) is 0 Å². The molecule has 0 bridgehead atoms. The van der Waals surface area contributed by atoms with Crippen LogP contribution in [0, 0.1) is 0 Å². The van der Waals surface area contributed by atoms with Crippen LogP contribution in [0.5, 0.6) is 5.75 Å². The molecule has 0 fully saturated rings. The Bertz CT molecular complexity index is 781. The lowest BCUT2D eigenvalue weighted by molar-refractivity contribution is -0.118. The third-order valence-electron chi connectivity index (χ3n) is 3.08. The van der Waals surface area contributed by atoms with Crippen molar-refractivity contribution in [3.63, 3.8) is 0 Å². The molecule has 0 aliphatic carbocycles. The van der Waals surface area contributed by atoms with E-state index >= 15 is 0 Å². The molecule has 0 atom stereocenters. The maximum atomic E-state index is 12.0. The molecule has 0 aliphatic rings. The Kier molecular flexibility index (Phi) is 6.84. The van der Waals surface area contributed by atoms with Gasteiger partial charge in [0.1, 0.15) is 5.75 Å². The van der Waals surface area contributed by atoms with Crippen molar-refractivity contribution in [2.75, 3.05) is 11.9 Å². The SMILES string of the molecule is CC(C)NC(=O)c1cccc(NC(=O)COc2ccc(Br)cc2Cl)c1. The van der Waals surface area contributed by atoms with Crippen LogP contribution in [0.4, 0.5) is 5.69 Å². The van der Waals surface area contributed by atoms with Crippen molar-refractivity contribution in [1.29, 1.82) is 0 Å². The Morgan fingerprint density at radius 1 is 1.20 bits per heavy atom. The largest absolute Gasteiger partial charge is 0.482 e. The Morgan fingerprint density at radius 2 is 1.96 bits per heavy atom. The van der Waals surface area contributed by atoms with Gasteiger partial charge in [-0.3, -0.25) is 9.59 Å². The molecule has 2 aromatic rings. The molecule has 0 radical (unpaired) electrons. The van der Waals surface area contributed by atoms with Gasteiger partial charge in [-0.15, -0.1) is 0 Å². The van der Waals surface area contributed by atoms with Crippen LogP contribution in [-0.2, 0) is 4.79 Å². The molecule has 0 aliphatic heterocycles. The molecule has 0 heterocycles. The highest BCUT2D eigenvalue weighted by atomic mass is 79.9. The summed E-state index contributed by atoms with van der Waals surface area (Å²) in [5, 5.41) is 5.91. The zero-order valence-electron chi connectivity index (χ0n) is 13.8. The third-order valence-corrected chi connectivity index (χ3v) is 3.87. The molecule has 0 unspecified atom stereocenters. The highest BCUT2D eigenvalue weighted by Crippen LogP contribution is 2.27. The van der Waals surface area contributed by atoms with Crippen molar-refractivity contribution >= 4 is 45.0 Å². The fourth-order valence-corrected chi connectivity index (χ4v) is 2.74. The van der Waals surface area contributed by atoms with Crippen LogP contribution in [0.25, 0.3) is 0 Å². The summed E-state index contributed by atoms with van der Waals surface area (Å²) in [7, 11) is 0. The van der Waals surface area contributed by atoms with Crippen molar-refractivity contribution in [3.8, 4) is 5.75 Å². The highest BCUT2D eigenvalue weighted by Gasteiger charge is 2.10. The van der Waals surface area contributed by atoms with Gasteiger partial charge in [-0.2, -0.15) is 0 Å². The van der Waals surface area contributed by atoms with E-state index in [9.17, 15) is 9.59 Å². The number of anilines is 1. The number of benzene rings is 2. The van der Waals surface area contributed by atoms with E-state index in [1.165, 1.54) is 0 Å². The van der Waals surface area contributed by atoms with Gasteiger partial charge in [-0.05, 0) is 50.2 Å². The van der Waals surface area contributed by atoms with Crippen molar-refractivity contribution in [3.05, 3.63) is 57.5 Å². The summed E-state index contributed by atoms with van der Waals surface area (Å²) in [5.74, 6) is -0.116. The molecule has 0 spiro atoms. The second kappa shape index (κ2) is 8.87. The minimum atomic E-state index is -0.347. The Morgan fingerprint density at radius 3 is 2.64 bits per heavy atom. The molecule has 2 N–H and O–H groups in total. The molecular weight excluding hydrogens is 408 g/mol. The monoisotopic (exact) mass is 424 g/mol. The fourth-order valence-electron chi connectivity index (χ4n) is 2.02. The zero-order valence-corrected chi connectivity index (χ0v) is 16.1. The number of ether oxygens (including phenoxy) is 1. The lowest BCUT2D eigenvalue weighted by Gasteiger charge is -2.11. The minimum absolute atomic E-state index is 0.0369. The normalized spacial score (nSPS) is 10.4. The van der Waals surface area contributed by atoms with E-state index in [1.54, 1.807) is 42.5 Å². The number of carbonyl (C=O) groups excluding carboxylic acids is 2. The zero-order chi connectivity index (χ0) is 18.4. The van der Waals surface area contributed by atoms with Gasteiger partial charge in [0.25, 0.3) is 11.8 Å². The van der Waals surface area contributed by atoms with E-state index in [4.69, 9.17) is 16.3 Å². The van der Waals surface area contributed by atoms with Gasteiger partial charge in [0.2, 0.25) is 0 Å². The van der Waals surface area contributed by atoms with Gasteiger partial charge in [0, 0.05) is 21.8 Å². The molecule has 2 rings (SSSR count). The molecule has 2 aromatic carbocycles. The van der Waals surface area contributed by atoms with Crippen LogP contribution in [0.15, 0.2) is 46.9 Å². The first-order valence-electron chi connectivity index (χ1n) is 7.64. The molecule has 25 heavy (non-hydrogen) atoms. The number of hydrogen-bond acceptors (Lipinski definition) is 3. The van der Waals surface area contributed by atoms with Gasteiger partial charge in [0.05, 0.1) is 5.02 Å². The standard InChI is InChI=1S/C18H18BrClN2O3/c1-11(2)21-18(24)12-4-3-5-14(8-12)22-17(23)10-25-16-7-6-13(19)9-15(16)20/h3-9,11H,10H2,1-2H3,(H,21,24)(H,22,23). The number of amides is 2. The van der Waals surface area contributed by atoms with E-state index in [-0.39, 0.29) is 24.5 Å². The third kappa shape index (κ3) is 6.07. The summed E-state index contributed by atoms with van der Waals surface area (Å²) in [6.45, 7) is 3.58. The summed E-state index contributed by atoms with van der Waals surface area (Å²) in [5.41, 5.74) is 0.996. The van der Waals surface area contributed by atoms with Crippen LogP contribution in [0.1, 0.15) is 24.2 Å². The van der Waals surface area contributed by atoms with Crippen LogP contribution in [-0.4, -0.2) is 24.5 Å². The Labute approximate surface area is 159 Å². The molecule has 0 aromatic heterocycles. The topological polar surface area (TPSA) is 67.4 Å². The first-order chi connectivity index (χ1) is 11.8. The van der Waals surface area contributed by atoms with E-state index in [2.05, 4.69) is 26.6 Å². The lowest BCUT2D eigenvalue weighted by atomic mass is 10.2. The van der Waals surface area contributed by atoms with Crippen LogP contribution < -0.4 is 15.4 Å². The number of carbonyl (C=O) groups is 2. The smallest absolute Gasteiger partial charge is 0.262 e. The summed E-state index contributed by atoms with van der Waals surface area (Å²) >= 11 is 9.34. The number of halogens is 2. The van der Waals surface area contributed by atoms with Crippen LogP contribution in [0.2, 0.25) is 5.02 Å². The van der Waals surface area contributed by atoms with E-state index < -0.39 is 0 Å². The van der Waals surface area contributed by atoms with Gasteiger partial charge >= 0.3 is 0 Å². The summed E-state index contributed by atoms with van der Waals surface area (Å²) in [6, 6.07) is 11.9. The second-order valence-corrected chi connectivity index (χ2v) is 6.94. The quantitative estimate of drug-likeness (QED) is 0.727. The summed E-state index contributed by atoms with van der Waals surface area (Å²) in [6.07, 6.45) is 0. The molecule has 2 amide bonds. The number of nitrogens with one attached hydrogen (secondary N) is 2. The van der Waals surface area contributed by atoms with E-state index in [1.807, 2.05) is 13.8 Å². The summed E-state index contributed by atoms with van der Waals surface area (Å²) in [4.78, 5) is 24.0. The molecule has 0 saturated carbocycles. The van der Waals surface area contributed by atoms with Gasteiger partial charge in [-0.25, -0.2) is 0 Å². The fraction of sp³-hybridized carbons (Fsp3) is 0.222. The molecule has 5 nitrogen and oxygen atoms in total. The highest BCUT2D eigenvalue weighted by molar-refractivity contribution is 9.10. The van der Waals surface area contributed by atoms with E-state index in [0.717, 1.165) is 4.47 Å². The molecular formula is C18H18BrClN2O3. The predicted molar refractivity (Wildman–Crippen MR) is 102 cm³/mol. The van der Waals surface area contributed by atoms with Crippen molar-refractivity contribution in [1.82, 2.24) is 5.32 Å². The predicted octanol–water partition coefficient (Wildman–Crippen LogP) is 4.26. The van der Waals surface area contributed by atoms with Crippen molar-refractivity contribution < 1.29 is 14.3 Å². The average molecular weight is 426 g/mol. The second-order valence-electron chi connectivity index (χ2n) is 5.62. The maximum absolute atomic E-state index is 12.0. The summed E-state index contributed by atoms with van der Waals surface area (Å²) < 4.78 is 6.24. The molecule has 7 heteroatoms. The van der Waals surface area contributed by atoms with E-state index in [0.29, 0.717) is 22.0 Å². The Balaban J connectivity index is 1.95.